The fourth-order valence-electron chi connectivity index (χ4n) is 1.01. The largest absolute Gasteiger partial charge is 0.342 e. The van der Waals surface area contributed by atoms with Crippen LogP contribution in [0.5, 0.6) is 0 Å². The highest BCUT2D eigenvalue weighted by Gasteiger charge is 2.13. The van der Waals surface area contributed by atoms with Gasteiger partial charge in [-0.05, 0) is 20.2 Å². The van der Waals surface area contributed by atoms with Crippen molar-refractivity contribution in [2.45, 2.75) is 19.4 Å². The molecule has 0 rings (SSSR count). The zero-order valence-electron chi connectivity index (χ0n) is 8.96. The number of amides is 1. The highest BCUT2D eigenvalue weighted by atomic mass is 32.2. The third-order valence-corrected chi connectivity index (χ3v) is 2.87. The average Bonchev–Trinajstić information content (AvgIpc) is 2.13. The number of carbonyl (C=O) groups excluding carboxylic acids is 1. The third kappa shape index (κ3) is 5.16. The molecule has 1 atom stereocenters. The third-order valence-electron chi connectivity index (χ3n) is 2.05. The predicted molar refractivity (Wildman–Crippen MR) is 59.2 cm³/mol. The summed E-state index contributed by atoms with van der Waals surface area (Å²) in [4.78, 5) is 13.3. The van der Waals surface area contributed by atoms with Crippen LogP contribution in [0.15, 0.2) is 0 Å². The summed E-state index contributed by atoms with van der Waals surface area (Å²) in [7, 11) is 3.73. The summed E-state index contributed by atoms with van der Waals surface area (Å²) < 4.78 is 0. The second-order valence-electron chi connectivity index (χ2n) is 3.16. The Balaban J connectivity index is 3.79. The van der Waals surface area contributed by atoms with Crippen molar-refractivity contribution in [3.8, 4) is 0 Å². The van der Waals surface area contributed by atoms with Crippen LogP contribution in [-0.2, 0) is 4.79 Å². The zero-order valence-corrected chi connectivity index (χ0v) is 9.78. The monoisotopic (exact) mass is 204 g/mol. The maximum absolute atomic E-state index is 11.5. The van der Waals surface area contributed by atoms with E-state index in [1.54, 1.807) is 11.8 Å². The summed E-state index contributed by atoms with van der Waals surface area (Å²) in [5.74, 6) is 1.22. The Morgan fingerprint density at radius 2 is 2.23 bits per heavy atom. The topological polar surface area (TPSA) is 32.3 Å². The van der Waals surface area contributed by atoms with E-state index in [0.717, 1.165) is 12.3 Å². The van der Waals surface area contributed by atoms with Crippen LogP contribution in [0, 0.1) is 0 Å². The Hall–Kier alpha value is -0.220. The highest BCUT2D eigenvalue weighted by molar-refractivity contribution is 7.98. The molecule has 1 unspecified atom stereocenters. The van der Waals surface area contributed by atoms with Crippen molar-refractivity contribution in [1.29, 1.82) is 0 Å². The molecule has 0 aliphatic heterocycles. The first kappa shape index (κ1) is 12.8. The van der Waals surface area contributed by atoms with E-state index >= 15 is 0 Å². The van der Waals surface area contributed by atoms with E-state index in [4.69, 9.17) is 0 Å². The van der Waals surface area contributed by atoms with Crippen LogP contribution in [0.25, 0.3) is 0 Å². The molecule has 0 aromatic carbocycles. The van der Waals surface area contributed by atoms with Crippen LogP contribution >= 0.6 is 11.8 Å². The summed E-state index contributed by atoms with van der Waals surface area (Å²) >= 11 is 1.77. The van der Waals surface area contributed by atoms with Crippen molar-refractivity contribution in [2.75, 3.05) is 32.6 Å². The molecule has 1 amide bonds. The van der Waals surface area contributed by atoms with E-state index in [1.807, 2.05) is 19.0 Å². The van der Waals surface area contributed by atoms with Gasteiger partial charge in [0.1, 0.15) is 0 Å². The fraction of sp³-hybridized carbons (Fsp3) is 0.889. The number of nitrogens with one attached hydrogen (secondary N) is 1. The summed E-state index contributed by atoms with van der Waals surface area (Å²) in [6.07, 6.45) is 2.65. The maximum Gasteiger partial charge on any atom is 0.223 e. The Bertz CT molecular complexity index is 153. The van der Waals surface area contributed by atoms with Gasteiger partial charge in [0.05, 0.1) is 0 Å². The van der Waals surface area contributed by atoms with Crippen LogP contribution in [0.4, 0.5) is 0 Å². The minimum atomic E-state index is 0.218. The first-order chi connectivity index (χ1) is 6.13. The van der Waals surface area contributed by atoms with Gasteiger partial charge < -0.3 is 10.2 Å². The van der Waals surface area contributed by atoms with E-state index in [1.165, 1.54) is 0 Å². The van der Waals surface area contributed by atoms with Gasteiger partial charge in [-0.2, -0.15) is 11.8 Å². The van der Waals surface area contributed by atoms with E-state index in [0.29, 0.717) is 12.5 Å². The summed E-state index contributed by atoms with van der Waals surface area (Å²) in [5, 5.41) is 2.97. The van der Waals surface area contributed by atoms with Gasteiger partial charge in [-0.15, -0.1) is 0 Å². The number of hydrogen-bond acceptors (Lipinski definition) is 3. The second-order valence-corrected chi connectivity index (χ2v) is 4.07. The lowest BCUT2D eigenvalue weighted by molar-refractivity contribution is -0.131. The molecule has 0 aromatic rings. The molecule has 0 aromatic heterocycles. The van der Waals surface area contributed by atoms with Gasteiger partial charge in [-0.3, -0.25) is 4.79 Å². The quantitative estimate of drug-likeness (QED) is 0.695. The number of nitrogens with zero attached hydrogens (tertiary/aromatic N) is 1. The van der Waals surface area contributed by atoms with Gasteiger partial charge in [0.15, 0.2) is 0 Å². The molecule has 1 N–H and O–H groups in total. The first-order valence-corrected chi connectivity index (χ1v) is 5.92. The Labute approximate surface area is 85.3 Å². The van der Waals surface area contributed by atoms with Gasteiger partial charge in [0.2, 0.25) is 5.91 Å². The van der Waals surface area contributed by atoms with Gasteiger partial charge in [-0.1, -0.05) is 0 Å². The number of carbonyl (C=O) groups is 1. The molecular formula is C9H20N2OS. The molecule has 4 heteroatoms. The lowest BCUT2D eigenvalue weighted by Crippen LogP contribution is -2.37. The molecule has 0 aliphatic carbocycles. The van der Waals surface area contributed by atoms with Crippen LogP contribution in [0.3, 0.4) is 0 Å². The van der Waals surface area contributed by atoms with Crippen molar-refractivity contribution in [3.05, 3.63) is 0 Å². The van der Waals surface area contributed by atoms with Crippen LogP contribution in [-0.4, -0.2) is 49.5 Å². The Kier molecular flexibility index (Phi) is 7.09. The predicted octanol–water partition coefficient (Wildman–Crippen LogP) is 0.806. The van der Waals surface area contributed by atoms with Crippen molar-refractivity contribution < 1.29 is 4.79 Å². The molecule has 13 heavy (non-hydrogen) atoms. The summed E-state index contributed by atoms with van der Waals surface area (Å²) in [6, 6.07) is 0.333. The molecule has 0 saturated carbocycles. The van der Waals surface area contributed by atoms with Crippen LogP contribution in [0.1, 0.15) is 13.3 Å². The van der Waals surface area contributed by atoms with Crippen molar-refractivity contribution >= 4 is 17.7 Å². The van der Waals surface area contributed by atoms with Crippen molar-refractivity contribution in [3.63, 3.8) is 0 Å². The number of rotatable bonds is 6. The molecule has 0 bridgehead atoms. The minimum Gasteiger partial charge on any atom is -0.342 e. The average molecular weight is 204 g/mol. The Morgan fingerprint density at radius 3 is 2.69 bits per heavy atom. The smallest absolute Gasteiger partial charge is 0.223 e. The molecule has 0 heterocycles. The minimum absolute atomic E-state index is 0.218. The standard InChI is InChI=1S/C9H20N2OS/c1-8(7-13-4)11(3)9(12)5-6-10-2/h8,10H,5-7H2,1-4H3. The maximum atomic E-state index is 11.5. The highest BCUT2D eigenvalue weighted by Crippen LogP contribution is 2.04. The summed E-state index contributed by atoms with van der Waals surface area (Å²) in [6.45, 7) is 2.84. The van der Waals surface area contributed by atoms with E-state index in [-0.39, 0.29) is 5.91 Å². The van der Waals surface area contributed by atoms with E-state index in [2.05, 4.69) is 18.5 Å². The molecular weight excluding hydrogens is 184 g/mol. The van der Waals surface area contributed by atoms with E-state index in [9.17, 15) is 4.79 Å². The molecule has 0 fully saturated rings. The molecule has 0 saturated heterocycles. The van der Waals surface area contributed by atoms with Gasteiger partial charge >= 0.3 is 0 Å². The van der Waals surface area contributed by atoms with Crippen LogP contribution in [0.2, 0.25) is 0 Å². The lowest BCUT2D eigenvalue weighted by Gasteiger charge is -2.24. The Morgan fingerprint density at radius 1 is 1.62 bits per heavy atom. The van der Waals surface area contributed by atoms with Gasteiger partial charge in [-0.25, -0.2) is 0 Å². The van der Waals surface area contributed by atoms with Crippen molar-refractivity contribution in [2.24, 2.45) is 0 Å². The second kappa shape index (κ2) is 7.21. The molecule has 0 radical (unpaired) electrons. The molecule has 0 spiro atoms. The number of thioether (sulfide) groups is 1. The number of hydrogen-bond donors (Lipinski definition) is 1. The first-order valence-electron chi connectivity index (χ1n) is 4.52. The normalized spacial score (nSPS) is 12.6. The van der Waals surface area contributed by atoms with Gasteiger partial charge in [0.25, 0.3) is 0 Å². The van der Waals surface area contributed by atoms with Crippen LogP contribution < -0.4 is 5.32 Å². The molecule has 0 aliphatic rings. The molecule has 78 valence electrons. The van der Waals surface area contributed by atoms with Crippen molar-refractivity contribution in [1.82, 2.24) is 10.2 Å². The zero-order chi connectivity index (χ0) is 10.3. The molecule has 3 nitrogen and oxygen atoms in total. The SMILES string of the molecule is CNCCC(=O)N(C)C(C)CSC. The van der Waals surface area contributed by atoms with E-state index < -0.39 is 0 Å². The summed E-state index contributed by atoms with van der Waals surface area (Å²) in [5.41, 5.74) is 0. The lowest BCUT2D eigenvalue weighted by atomic mass is 10.3. The van der Waals surface area contributed by atoms with Gasteiger partial charge in [0, 0.05) is 31.8 Å². The fourth-order valence-corrected chi connectivity index (χ4v) is 1.71.